The maximum absolute atomic E-state index is 6.04. The van der Waals surface area contributed by atoms with Crippen LogP contribution in [0, 0.1) is 0 Å². The molecule has 0 aliphatic heterocycles. The third-order valence-corrected chi connectivity index (χ3v) is 3.66. The molecule has 4 heteroatoms. The molecule has 0 aromatic rings. The maximum atomic E-state index is 6.04. The molecule has 2 unspecified atom stereocenters. The van der Waals surface area contributed by atoms with Crippen molar-refractivity contribution in [3.63, 3.8) is 0 Å². The second-order valence-electron chi connectivity index (χ2n) is 5.17. The Morgan fingerprint density at radius 1 is 0.947 bits per heavy atom. The van der Waals surface area contributed by atoms with Gasteiger partial charge in [-0.05, 0) is 19.4 Å². The zero-order valence-electron chi connectivity index (χ0n) is 12.7. The number of rotatable bonds is 9. The summed E-state index contributed by atoms with van der Waals surface area (Å²) in [4.78, 5) is 0. The third kappa shape index (κ3) is 7.88. The quantitative estimate of drug-likeness (QED) is 0.655. The minimum Gasteiger partial charge on any atom is -0.382 e. The van der Waals surface area contributed by atoms with Gasteiger partial charge in [0, 0.05) is 13.2 Å². The zero-order chi connectivity index (χ0) is 13.8. The molecule has 0 amide bonds. The van der Waals surface area contributed by atoms with Crippen molar-refractivity contribution in [2.45, 2.75) is 57.6 Å². The molecule has 19 heavy (non-hydrogen) atoms. The van der Waals surface area contributed by atoms with Gasteiger partial charge in [-0.15, -0.1) is 0 Å². The lowest BCUT2D eigenvalue weighted by atomic mass is 9.94. The van der Waals surface area contributed by atoms with E-state index in [9.17, 15) is 0 Å². The zero-order valence-corrected chi connectivity index (χ0v) is 12.7. The van der Waals surface area contributed by atoms with Crippen LogP contribution in [0.1, 0.15) is 45.4 Å². The highest BCUT2D eigenvalue weighted by atomic mass is 16.5. The van der Waals surface area contributed by atoms with Crippen molar-refractivity contribution in [1.29, 1.82) is 0 Å². The molecule has 0 radical (unpaired) electrons. The van der Waals surface area contributed by atoms with Gasteiger partial charge in [0.05, 0.1) is 32.5 Å². The Hall–Kier alpha value is -0.160. The first kappa shape index (κ1) is 16.9. The van der Waals surface area contributed by atoms with E-state index in [-0.39, 0.29) is 0 Å². The van der Waals surface area contributed by atoms with Crippen LogP contribution in [0.3, 0.4) is 0 Å². The van der Waals surface area contributed by atoms with Crippen molar-refractivity contribution in [3.05, 3.63) is 0 Å². The molecule has 1 aliphatic rings. The van der Waals surface area contributed by atoms with Crippen molar-refractivity contribution >= 4 is 0 Å². The number of hydrogen-bond acceptors (Lipinski definition) is 4. The van der Waals surface area contributed by atoms with E-state index < -0.39 is 0 Å². The molecule has 0 bridgehead atoms. The van der Waals surface area contributed by atoms with E-state index in [2.05, 4.69) is 12.2 Å². The average Bonchev–Trinajstić information content (AvgIpc) is 2.40. The van der Waals surface area contributed by atoms with Gasteiger partial charge in [0.2, 0.25) is 0 Å². The van der Waals surface area contributed by atoms with Crippen LogP contribution in [-0.2, 0) is 14.2 Å². The van der Waals surface area contributed by atoms with E-state index in [1.807, 2.05) is 0 Å². The summed E-state index contributed by atoms with van der Waals surface area (Å²) in [6, 6.07) is 0.518. The Labute approximate surface area is 118 Å². The summed E-state index contributed by atoms with van der Waals surface area (Å²) in [5, 5.41) is 3.58. The van der Waals surface area contributed by atoms with Gasteiger partial charge < -0.3 is 19.5 Å². The summed E-state index contributed by atoms with van der Waals surface area (Å²) in [5.74, 6) is 0. The lowest BCUT2D eigenvalue weighted by Crippen LogP contribution is -2.42. The van der Waals surface area contributed by atoms with Gasteiger partial charge in [0.25, 0.3) is 0 Å². The van der Waals surface area contributed by atoms with Crippen LogP contribution in [0.4, 0.5) is 0 Å². The fourth-order valence-electron chi connectivity index (χ4n) is 2.65. The monoisotopic (exact) mass is 273 g/mol. The molecule has 1 aliphatic carbocycles. The highest BCUT2D eigenvalue weighted by Gasteiger charge is 2.22. The molecule has 0 aromatic carbocycles. The van der Waals surface area contributed by atoms with Gasteiger partial charge in [0.1, 0.15) is 0 Å². The van der Waals surface area contributed by atoms with Gasteiger partial charge >= 0.3 is 0 Å². The van der Waals surface area contributed by atoms with E-state index >= 15 is 0 Å². The first-order chi connectivity index (χ1) is 9.38. The second-order valence-corrected chi connectivity index (χ2v) is 5.17. The molecule has 1 N–H and O–H groups in total. The summed E-state index contributed by atoms with van der Waals surface area (Å²) in [6.45, 7) is 5.86. The van der Waals surface area contributed by atoms with Gasteiger partial charge in [-0.3, -0.25) is 0 Å². The van der Waals surface area contributed by atoms with E-state index in [0.717, 1.165) is 6.54 Å². The van der Waals surface area contributed by atoms with Crippen molar-refractivity contribution in [1.82, 2.24) is 5.32 Å². The fourth-order valence-corrected chi connectivity index (χ4v) is 2.65. The van der Waals surface area contributed by atoms with Crippen LogP contribution in [0.25, 0.3) is 0 Å². The first-order valence-electron chi connectivity index (χ1n) is 7.80. The van der Waals surface area contributed by atoms with E-state index in [1.165, 1.54) is 38.5 Å². The normalized spacial score (nSPS) is 24.9. The van der Waals surface area contributed by atoms with Crippen LogP contribution in [0.15, 0.2) is 0 Å². The Bertz CT molecular complexity index is 202. The SMILES string of the molecule is CCNC1CCCCCCC1OCCOCCOC. The minimum atomic E-state index is 0.353. The molecule has 1 saturated carbocycles. The number of likely N-dealkylation sites (N-methyl/N-ethyl adjacent to an activating group) is 1. The Balaban J connectivity index is 2.20. The van der Waals surface area contributed by atoms with Crippen molar-refractivity contribution in [3.8, 4) is 0 Å². The summed E-state index contributed by atoms with van der Waals surface area (Å²) in [6.07, 6.45) is 8.10. The number of ether oxygens (including phenoxy) is 3. The molecule has 0 heterocycles. The number of hydrogen-bond donors (Lipinski definition) is 1. The summed E-state index contributed by atoms with van der Waals surface area (Å²) in [5.41, 5.74) is 0. The second kappa shape index (κ2) is 11.6. The molecule has 0 saturated heterocycles. The number of methoxy groups -OCH3 is 1. The molecular formula is C15H31NO3. The predicted molar refractivity (Wildman–Crippen MR) is 77.6 cm³/mol. The standard InChI is InChI=1S/C15H31NO3/c1-3-16-14-8-6-4-5-7-9-15(14)19-13-12-18-11-10-17-2/h14-16H,3-13H2,1-2H3. The molecule has 114 valence electrons. The lowest BCUT2D eigenvalue weighted by molar-refractivity contribution is -0.0263. The average molecular weight is 273 g/mol. The molecule has 1 fully saturated rings. The van der Waals surface area contributed by atoms with Crippen molar-refractivity contribution in [2.24, 2.45) is 0 Å². The molecular weight excluding hydrogens is 242 g/mol. The largest absolute Gasteiger partial charge is 0.382 e. The highest BCUT2D eigenvalue weighted by Crippen LogP contribution is 2.20. The Kier molecular flexibility index (Phi) is 10.4. The Morgan fingerprint density at radius 2 is 1.68 bits per heavy atom. The van der Waals surface area contributed by atoms with Crippen LogP contribution in [0.2, 0.25) is 0 Å². The van der Waals surface area contributed by atoms with E-state index in [1.54, 1.807) is 7.11 Å². The molecule has 4 nitrogen and oxygen atoms in total. The fraction of sp³-hybridized carbons (Fsp3) is 1.00. The minimum absolute atomic E-state index is 0.353. The van der Waals surface area contributed by atoms with Gasteiger partial charge in [0.15, 0.2) is 0 Å². The predicted octanol–water partition coefficient (Wildman–Crippen LogP) is 2.37. The Morgan fingerprint density at radius 3 is 2.42 bits per heavy atom. The van der Waals surface area contributed by atoms with Gasteiger partial charge in [-0.1, -0.05) is 32.6 Å². The van der Waals surface area contributed by atoms with Crippen LogP contribution in [0.5, 0.6) is 0 Å². The molecule has 1 rings (SSSR count). The van der Waals surface area contributed by atoms with Crippen LogP contribution >= 0.6 is 0 Å². The summed E-state index contributed by atoms with van der Waals surface area (Å²) >= 11 is 0. The van der Waals surface area contributed by atoms with Gasteiger partial charge in [-0.25, -0.2) is 0 Å². The molecule has 0 aromatic heterocycles. The highest BCUT2D eigenvalue weighted by molar-refractivity contribution is 4.79. The lowest BCUT2D eigenvalue weighted by Gasteiger charge is -2.30. The van der Waals surface area contributed by atoms with Gasteiger partial charge in [-0.2, -0.15) is 0 Å². The summed E-state index contributed by atoms with van der Waals surface area (Å²) < 4.78 is 16.4. The van der Waals surface area contributed by atoms with Crippen molar-refractivity contribution < 1.29 is 14.2 Å². The van der Waals surface area contributed by atoms with Crippen LogP contribution in [-0.4, -0.2) is 52.2 Å². The van der Waals surface area contributed by atoms with E-state index in [0.29, 0.717) is 38.6 Å². The number of nitrogens with one attached hydrogen (secondary N) is 1. The first-order valence-corrected chi connectivity index (χ1v) is 7.80. The topological polar surface area (TPSA) is 39.7 Å². The molecule has 2 atom stereocenters. The van der Waals surface area contributed by atoms with E-state index in [4.69, 9.17) is 14.2 Å². The smallest absolute Gasteiger partial charge is 0.0729 e. The maximum Gasteiger partial charge on any atom is 0.0729 e. The molecule has 0 spiro atoms. The van der Waals surface area contributed by atoms with Crippen molar-refractivity contribution in [2.75, 3.05) is 40.1 Å². The third-order valence-electron chi connectivity index (χ3n) is 3.66. The van der Waals surface area contributed by atoms with Crippen LogP contribution < -0.4 is 5.32 Å². The summed E-state index contributed by atoms with van der Waals surface area (Å²) in [7, 11) is 1.69.